The molecule has 9 nitrogen and oxygen atoms in total. The van der Waals surface area contributed by atoms with E-state index in [1.807, 2.05) is 0 Å². The second-order valence-electron chi connectivity index (χ2n) is 9.15. The van der Waals surface area contributed by atoms with Gasteiger partial charge in [-0.15, -0.1) is 0 Å². The molecule has 2 aliphatic rings. The van der Waals surface area contributed by atoms with Crippen molar-refractivity contribution in [2.75, 3.05) is 39.5 Å². The number of morpholine rings is 1. The van der Waals surface area contributed by atoms with Crippen LogP contribution in [0.25, 0.3) is 11.1 Å². The average Bonchev–Trinajstić information content (AvgIpc) is 2.86. The standard InChI is InChI=1S/C25H30FNO8/c1-14-8-16(15-2-3-19(26)18(10-15)24(32)27-4-6-34-7-5-27)9-17(21(14)29)11-25(33)13-35-20(12-28)22(30)23(25)31/h2-3,8-10,20,22-23,28-31,33H,4-7,11-13H2,1H3. The maximum absolute atomic E-state index is 14.6. The molecule has 2 aliphatic heterocycles. The lowest BCUT2D eigenvalue weighted by Gasteiger charge is -2.43. The van der Waals surface area contributed by atoms with Crippen molar-refractivity contribution in [1.29, 1.82) is 0 Å². The number of nitrogens with zero attached hydrogens (tertiary/aromatic N) is 1. The molecule has 0 radical (unpaired) electrons. The van der Waals surface area contributed by atoms with E-state index in [1.54, 1.807) is 19.1 Å². The molecule has 2 aromatic rings. The molecule has 4 unspecified atom stereocenters. The fourth-order valence-electron chi connectivity index (χ4n) is 4.56. The smallest absolute Gasteiger partial charge is 0.257 e. The van der Waals surface area contributed by atoms with Gasteiger partial charge in [-0.1, -0.05) is 6.07 Å². The average molecular weight is 492 g/mol. The van der Waals surface area contributed by atoms with Gasteiger partial charge in [0.25, 0.3) is 5.91 Å². The first-order valence-electron chi connectivity index (χ1n) is 11.4. The number of aliphatic hydroxyl groups is 4. The van der Waals surface area contributed by atoms with Crippen molar-refractivity contribution in [3.63, 3.8) is 0 Å². The van der Waals surface area contributed by atoms with Crippen LogP contribution in [0.3, 0.4) is 0 Å². The minimum Gasteiger partial charge on any atom is -0.507 e. The third-order valence-electron chi connectivity index (χ3n) is 6.69. The summed E-state index contributed by atoms with van der Waals surface area (Å²) in [5.74, 6) is -1.20. The maximum atomic E-state index is 14.6. The molecule has 0 aliphatic carbocycles. The van der Waals surface area contributed by atoms with Crippen molar-refractivity contribution in [3.8, 4) is 16.9 Å². The predicted octanol–water partition coefficient (Wildman–Crippen LogP) is 0.366. The van der Waals surface area contributed by atoms with Gasteiger partial charge in [0.05, 0.1) is 32.0 Å². The van der Waals surface area contributed by atoms with Crippen LogP contribution in [-0.4, -0.2) is 99.8 Å². The fraction of sp³-hybridized carbons (Fsp3) is 0.480. The molecule has 0 bridgehead atoms. The number of ether oxygens (including phenoxy) is 2. The molecule has 2 fully saturated rings. The number of aliphatic hydroxyl groups excluding tert-OH is 3. The van der Waals surface area contributed by atoms with Gasteiger partial charge in [0.2, 0.25) is 0 Å². The highest BCUT2D eigenvalue weighted by molar-refractivity contribution is 5.96. The number of phenols is 1. The molecular formula is C25H30FNO8. The Morgan fingerprint density at radius 2 is 1.89 bits per heavy atom. The lowest BCUT2D eigenvalue weighted by molar-refractivity contribution is -0.239. The minimum absolute atomic E-state index is 0.0791. The number of carbonyl (C=O) groups is 1. The molecule has 5 N–H and O–H groups in total. The van der Waals surface area contributed by atoms with Crippen molar-refractivity contribution in [2.45, 2.75) is 37.3 Å². The van der Waals surface area contributed by atoms with Crippen molar-refractivity contribution in [1.82, 2.24) is 4.90 Å². The lowest BCUT2D eigenvalue weighted by Crippen LogP contribution is -2.62. The van der Waals surface area contributed by atoms with E-state index in [4.69, 9.17) is 9.47 Å². The largest absolute Gasteiger partial charge is 0.507 e. The summed E-state index contributed by atoms with van der Waals surface area (Å²) in [6, 6.07) is 7.43. The zero-order chi connectivity index (χ0) is 25.3. The number of amides is 1. The number of rotatable bonds is 5. The Labute approximate surface area is 202 Å². The van der Waals surface area contributed by atoms with E-state index in [0.717, 1.165) is 0 Å². The molecule has 4 atom stereocenters. The van der Waals surface area contributed by atoms with Gasteiger partial charge in [-0.3, -0.25) is 4.79 Å². The van der Waals surface area contributed by atoms with Crippen LogP contribution in [0.1, 0.15) is 21.5 Å². The van der Waals surface area contributed by atoms with Gasteiger partial charge in [-0.25, -0.2) is 4.39 Å². The molecule has 0 aromatic heterocycles. The molecule has 35 heavy (non-hydrogen) atoms. The molecule has 2 saturated heterocycles. The van der Waals surface area contributed by atoms with Crippen LogP contribution in [0.2, 0.25) is 0 Å². The van der Waals surface area contributed by atoms with Gasteiger partial charge in [0, 0.05) is 19.5 Å². The second-order valence-corrected chi connectivity index (χ2v) is 9.15. The summed E-state index contributed by atoms with van der Waals surface area (Å²) in [5, 5.41) is 51.6. The van der Waals surface area contributed by atoms with E-state index in [0.29, 0.717) is 43.0 Å². The van der Waals surface area contributed by atoms with Crippen molar-refractivity contribution in [2.24, 2.45) is 0 Å². The van der Waals surface area contributed by atoms with Gasteiger partial charge in [-0.2, -0.15) is 0 Å². The fourth-order valence-corrected chi connectivity index (χ4v) is 4.56. The van der Waals surface area contributed by atoms with Crippen LogP contribution in [0.4, 0.5) is 4.39 Å². The van der Waals surface area contributed by atoms with E-state index in [9.17, 15) is 34.7 Å². The van der Waals surface area contributed by atoms with E-state index in [-0.39, 0.29) is 29.9 Å². The number of carbonyl (C=O) groups excluding carboxylic acids is 1. The minimum atomic E-state index is -1.92. The molecule has 0 spiro atoms. The molecule has 1 amide bonds. The number of aromatic hydroxyl groups is 1. The number of halogens is 1. The predicted molar refractivity (Wildman–Crippen MR) is 122 cm³/mol. The first kappa shape index (κ1) is 25.5. The van der Waals surface area contributed by atoms with Crippen molar-refractivity contribution < 1.29 is 44.2 Å². The summed E-state index contributed by atoms with van der Waals surface area (Å²) in [6.45, 7) is 2.28. The Kier molecular flexibility index (Phi) is 7.41. The lowest BCUT2D eigenvalue weighted by atomic mass is 9.82. The third kappa shape index (κ3) is 5.04. The molecular weight excluding hydrogens is 461 g/mol. The number of benzene rings is 2. The van der Waals surface area contributed by atoms with Crippen LogP contribution >= 0.6 is 0 Å². The SMILES string of the molecule is Cc1cc(-c2ccc(F)c(C(=O)N3CCOCC3)c2)cc(CC2(O)COC(CO)C(O)C2O)c1O. The first-order valence-corrected chi connectivity index (χ1v) is 11.4. The first-order chi connectivity index (χ1) is 16.6. The van der Waals surface area contributed by atoms with Gasteiger partial charge in [-0.05, 0) is 53.4 Å². The Hall–Kier alpha value is -2.60. The zero-order valence-electron chi connectivity index (χ0n) is 19.4. The quantitative estimate of drug-likeness (QED) is 0.404. The molecule has 4 rings (SSSR count). The summed E-state index contributed by atoms with van der Waals surface area (Å²) >= 11 is 0. The molecule has 2 aromatic carbocycles. The van der Waals surface area contributed by atoms with Crippen LogP contribution in [0.15, 0.2) is 30.3 Å². The highest BCUT2D eigenvalue weighted by Crippen LogP contribution is 2.35. The van der Waals surface area contributed by atoms with Gasteiger partial charge in [0.15, 0.2) is 0 Å². The highest BCUT2D eigenvalue weighted by atomic mass is 19.1. The van der Waals surface area contributed by atoms with E-state index < -0.39 is 42.2 Å². The molecule has 10 heteroatoms. The monoisotopic (exact) mass is 491 g/mol. The number of hydrogen-bond acceptors (Lipinski definition) is 8. The second kappa shape index (κ2) is 10.2. The van der Waals surface area contributed by atoms with Gasteiger partial charge in [0.1, 0.15) is 35.5 Å². The highest BCUT2D eigenvalue weighted by Gasteiger charge is 2.48. The van der Waals surface area contributed by atoms with E-state index in [1.165, 1.54) is 23.1 Å². The maximum Gasteiger partial charge on any atom is 0.257 e. The zero-order valence-corrected chi connectivity index (χ0v) is 19.4. The Morgan fingerprint density at radius 1 is 1.17 bits per heavy atom. The number of phenolic OH excluding ortho intramolecular Hbond substituents is 1. The van der Waals surface area contributed by atoms with Crippen molar-refractivity contribution in [3.05, 3.63) is 52.8 Å². The Morgan fingerprint density at radius 3 is 2.57 bits per heavy atom. The summed E-state index contributed by atoms with van der Waals surface area (Å²) in [5.41, 5.74) is -0.176. The normalized spacial score (nSPS) is 27.1. The molecule has 2 heterocycles. The van der Waals surface area contributed by atoms with Crippen LogP contribution in [-0.2, 0) is 15.9 Å². The van der Waals surface area contributed by atoms with Crippen molar-refractivity contribution >= 4 is 5.91 Å². The summed E-state index contributed by atoms with van der Waals surface area (Å²) < 4.78 is 25.1. The molecule has 0 saturated carbocycles. The summed E-state index contributed by atoms with van der Waals surface area (Å²) in [4.78, 5) is 14.4. The number of aryl methyl sites for hydroxylation is 1. The molecule has 190 valence electrons. The third-order valence-corrected chi connectivity index (χ3v) is 6.69. The van der Waals surface area contributed by atoms with Crippen LogP contribution in [0.5, 0.6) is 5.75 Å². The van der Waals surface area contributed by atoms with Gasteiger partial charge >= 0.3 is 0 Å². The Bertz CT molecular complexity index is 1090. The summed E-state index contributed by atoms with van der Waals surface area (Å²) in [6.07, 6.45) is -4.44. The van der Waals surface area contributed by atoms with Crippen LogP contribution < -0.4 is 0 Å². The Balaban J connectivity index is 1.65. The van der Waals surface area contributed by atoms with Crippen LogP contribution in [0, 0.1) is 12.7 Å². The number of hydrogen-bond donors (Lipinski definition) is 5. The van der Waals surface area contributed by atoms with E-state index >= 15 is 0 Å². The topological polar surface area (TPSA) is 140 Å². The summed E-state index contributed by atoms with van der Waals surface area (Å²) in [7, 11) is 0. The van der Waals surface area contributed by atoms with Gasteiger partial charge < -0.3 is 39.9 Å². The van der Waals surface area contributed by atoms with E-state index in [2.05, 4.69) is 0 Å².